The van der Waals surface area contributed by atoms with Crippen molar-refractivity contribution in [1.82, 2.24) is 19.7 Å². The summed E-state index contributed by atoms with van der Waals surface area (Å²) in [6.07, 6.45) is 1.64. The number of hydrogen-bond donors (Lipinski definition) is 2. The van der Waals surface area contributed by atoms with Crippen molar-refractivity contribution in [1.29, 1.82) is 5.26 Å². The van der Waals surface area contributed by atoms with Crippen LogP contribution in [0, 0.1) is 18.3 Å². The predicted octanol–water partition coefficient (Wildman–Crippen LogP) is 4.05. The number of benzene rings is 1. The number of amides is 1. The summed E-state index contributed by atoms with van der Waals surface area (Å²) in [6, 6.07) is 9.43. The number of hydrogen-bond acceptors (Lipinski definition) is 9. The average molecular weight is 579 g/mol. The van der Waals surface area contributed by atoms with Gasteiger partial charge in [-0.05, 0) is 70.4 Å². The summed E-state index contributed by atoms with van der Waals surface area (Å²) < 4.78 is 13.2. The van der Waals surface area contributed by atoms with Crippen molar-refractivity contribution >= 4 is 46.0 Å². The van der Waals surface area contributed by atoms with Gasteiger partial charge >= 0.3 is 5.97 Å². The first-order valence-corrected chi connectivity index (χ1v) is 14.7. The van der Waals surface area contributed by atoms with Gasteiger partial charge in [0.2, 0.25) is 0 Å². The van der Waals surface area contributed by atoms with Crippen molar-refractivity contribution < 1.29 is 19.1 Å². The number of ether oxygens (including phenoxy) is 2. The van der Waals surface area contributed by atoms with Gasteiger partial charge in [-0.1, -0.05) is 0 Å². The SMILES string of the molecule is Cc1cc(Nc2nn(C3(CC#N)CCC(C(=O)OC(C)(C)C)OC3)c3cc[nH]c(=O)c23)ccc1C(=O)N1CCSC1. The quantitative estimate of drug-likeness (QED) is 0.414. The van der Waals surface area contributed by atoms with Crippen LogP contribution in [0.15, 0.2) is 35.3 Å². The number of nitrogens with zero attached hydrogens (tertiary/aromatic N) is 4. The van der Waals surface area contributed by atoms with E-state index in [1.54, 1.807) is 61.6 Å². The summed E-state index contributed by atoms with van der Waals surface area (Å²) in [7, 11) is 0. The molecule has 1 aromatic carbocycles. The van der Waals surface area contributed by atoms with Crippen molar-refractivity contribution in [3.05, 3.63) is 51.9 Å². The number of nitriles is 1. The molecule has 2 saturated heterocycles. The minimum atomic E-state index is -0.890. The largest absolute Gasteiger partial charge is 0.458 e. The van der Waals surface area contributed by atoms with E-state index in [0.29, 0.717) is 46.7 Å². The number of carbonyl (C=O) groups is 2. The highest BCUT2D eigenvalue weighted by Crippen LogP contribution is 2.37. The number of aryl methyl sites for hydroxylation is 1. The number of fused-ring (bicyclic) bond motifs is 1. The molecule has 5 rings (SSSR count). The molecule has 0 saturated carbocycles. The van der Waals surface area contributed by atoms with Crippen LogP contribution in [-0.4, -0.2) is 68.0 Å². The van der Waals surface area contributed by atoms with Gasteiger partial charge in [-0.2, -0.15) is 10.4 Å². The van der Waals surface area contributed by atoms with Crippen molar-refractivity contribution in [2.24, 2.45) is 0 Å². The second kappa shape index (κ2) is 11.2. The Morgan fingerprint density at radius 3 is 2.78 bits per heavy atom. The first-order valence-electron chi connectivity index (χ1n) is 13.6. The van der Waals surface area contributed by atoms with Gasteiger partial charge in [0.05, 0.1) is 36.0 Å². The molecule has 2 fully saturated rings. The lowest BCUT2D eigenvalue weighted by molar-refractivity contribution is -0.176. The average Bonchev–Trinajstić information content (AvgIpc) is 3.58. The standard InChI is InChI=1S/C29H34N6O5S/c1-18-15-19(5-6-20(18)26(37)34-13-14-41-17-34)32-24-23-21(8-12-31-25(23)36)35(33-24)29(10-11-30)9-7-22(39-16-29)27(38)40-28(2,3)4/h5-6,8,12,15,22H,7,9-10,13-14,16-17H2,1-4H3,(H,31,36)(H,32,33). The number of thioether (sulfide) groups is 1. The minimum absolute atomic E-state index is 0.00523. The molecule has 0 spiro atoms. The van der Waals surface area contributed by atoms with Crippen molar-refractivity contribution in [2.45, 2.75) is 64.2 Å². The van der Waals surface area contributed by atoms with Gasteiger partial charge in [0.1, 0.15) is 11.0 Å². The van der Waals surface area contributed by atoms with Crippen LogP contribution in [0.5, 0.6) is 0 Å². The van der Waals surface area contributed by atoms with Gasteiger partial charge in [-0.15, -0.1) is 11.8 Å². The summed E-state index contributed by atoms with van der Waals surface area (Å²) in [4.78, 5) is 43.1. The van der Waals surface area contributed by atoms with Gasteiger partial charge in [0.25, 0.3) is 11.5 Å². The molecule has 2 aliphatic heterocycles. The van der Waals surface area contributed by atoms with Crippen molar-refractivity contribution in [2.75, 3.05) is 30.1 Å². The second-order valence-electron chi connectivity index (χ2n) is 11.5. The summed E-state index contributed by atoms with van der Waals surface area (Å²) in [5.41, 5.74) is 0.798. The van der Waals surface area contributed by atoms with Gasteiger partial charge in [-0.3, -0.25) is 14.3 Å². The van der Waals surface area contributed by atoms with E-state index in [1.165, 1.54) is 0 Å². The molecule has 12 heteroatoms. The highest BCUT2D eigenvalue weighted by Gasteiger charge is 2.43. The normalized spacial score (nSPS) is 21.0. The minimum Gasteiger partial charge on any atom is -0.458 e. The highest BCUT2D eigenvalue weighted by molar-refractivity contribution is 7.99. The molecule has 2 atom stereocenters. The van der Waals surface area contributed by atoms with Crippen molar-refractivity contribution in [3.8, 4) is 6.07 Å². The van der Waals surface area contributed by atoms with Crippen LogP contribution in [-0.2, 0) is 19.8 Å². The monoisotopic (exact) mass is 578 g/mol. The maximum absolute atomic E-state index is 13.0. The van der Waals surface area contributed by atoms with Gasteiger partial charge < -0.3 is 24.7 Å². The van der Waals surface area contributed by atoms with Gasteiger partial charge in [0.15, 0.2) is 11.9 Å². The maximum Gasteiger partial charge on any atom is 0.335 e. The van der Waals surface area contributed by atoms with E-state index in [2.05, 4.69) is 16.4 Å². The predicted molar refractivity (Wildman–Crippen MR) is 156 cm³/mol. The summed E-state index contributed by atoms with van der Waals surface area (Å²) in [5, 5.41) is 18.2. The number of aromatic amines is 1. The summed E-state index contributed by atoms with van der Waals surface area (Å²) in [5.74, 6) is 1.52. The molecule has 0 radical (unpaired) electrons. The Balaban J connectivity index is 1.45. The van der Waals surface area contributed by atoms with Gasteiger partial charge in [-0.25, -0.2) is 4.79 Å². The number of rotatable bonds is 6. The van der Waals surface area contributed by atoms with Crippen LogP contribution in [0.25, 0.3) is 10.9 Å². The van der Waals surface area contributed by atoms with Crippen LogP contribution in [0.1, 0.15) is 56.0 Å². The number of anilines is 2. The number of esters is 1. The summed E-state index contributed by atoms with van der Waals surface area (Å²) >= 11 is 1.74. The third-order valence-corrected chi connectivity index (χ3v) is 8.28. The Bertz CT molecular complexity index is 1570. The van der Waals surface area contributed by atoms with Crippen LogP contribution in [0.3, 0.4) is 0 Å². The molecular formula is C29H34N6O5S. The molecule has 1 amide bonds. The Hall–Kier alpha value is -3.82. The Morgan fingerprint density at radius 2 is 2.15 bits per heavy atom. The van der Waals surface area contributed by atoms with Crippen LogP contribution in [0.2, 0.25) is 0 Å². The fraction of sp³-hybridized carbons (Fsp3) is 0.483. The van der Waals surface area contributed by atoms with E-state index >= 15 is 0 Å². The first-order chi connectivity index (χ1) is 19.5. The molecule has 0 aliphatic carbocycles. The lowest BCUT2D eigenvalue weighted by Gasteiger charge is -2.39. The van der Waals surface area contributed by atoms with Crippen LogP contribution >= 0.6 is 11.8 Å². The number of aromatic nitrogens is 3. The highest BCUT2D eigenvalue weighted by atomic mass is 32.2. The Labute approximate surface area is 242 Å². The number of carbonyl (C=O) groups excluding carboxylic acids is 2. The smallest absolute Gasteiger partial charge is 0.335 e. The molecule has 2 aliphatic rings. The fourth-order valence-corrected chi connectivity index (χ4v) is 6.23. The maximum atomic E-state index is 13.0. The van der Waals surface area contributed by atoms with Crippen molar-refractivity contribution in [3.63, 3.8) is 0 Å². The van der Waals surface area contributed by atoms with E-state index in [-0.39, 0.29) is 24.5 Å². The van der Waals surface area contributed by atoms with E-state index < -0.39 is 23.2 Å². The zero-order valence-corrected chi connectivity index (χ0v) is 24.5. The van der Waals surface area contributed by atoms with E-state index in [0.717, 1.165) is 17.9 Å². The molecule has 41 heavy (non-hydrogen) atoms. The lowest BCUT2D eigenvalue weighted by atomic mass is 9.87. The lowest BCUT2D eigenvalue weighted by Crippen LogP contribution is -2.47. The second-order valence-corrected chi connectivity index (χ2v) is 12.6. The molecule has 2 unspecified atom stereocenters. The van der Waals surface area contributed by atoms with E-state index in [4.69, 9.17) is 14.6 Å². The number of pyridine rings is 1. The molecule has 0 bridgehead atoms. The topological polar surface area (TPSA) is 142 Å². The number of H-pyrrole nitrogens is 1. The van der Waals surface area contributed by atoms with E-state index in [1.807, 2.05) is 17.9 Å². The zero-order chi connectivity index (χ0) is 29.4. The van der Waals surface area contributed by atoms with Gasteiger partial charge in [0, 0.05) is 29.7 Å². The third kappa shape index (κ3) is 5.83. The fourth-order valence-electron chi connectivity index (χ4n) is 5.28. The molecule has 3 aromatic rings. The molecule has 2 aromatic heterocycles. The zero-order valence-electron chi connectivity index (χ0n) is 23.7. The Morgan fingerprint density at radius 1 is 1.34 bits per heavy atom. The summed E-state index contributed by atoms with van der Waals surface area (Å²) in [6.45, 7) is 8.08. The van der Waals surface area contributed by atoms with Crippen LogP contribution < -0.4 is 10.9 Å². The third-order valence-electron chi connectivity index (χ3n) is 7.32. The van der Waals surface area contributed by atoms with E-state index in [9.17, 15) is 19.6 Å². The molecule has 2 N–H and O–H groups in total. The first kappa shape index (κ1) is 28.7. The Kier molecular flexibility index (Phi) is 7.85. The van der Waals surface area contributed by atoms with Crippen LogP contribution in [0.4, 0.5) is 11.5 Å². The molecule has 4 heterocycles. The molecule has 216 valence electrons. The molecular weight excluding hydrogens is 544 g/mol. The molecule has 11 nitrogen and oxygen atoms in total. The number of nitrogens with one attached hydrogen (secondary N) is 2.